The Morgan fingerprint density at radius 3 is 2.60 bits per heavy atom. The summed E-state index contributed by atoms with van der Waals surface area (Å²) in [6.07, 6.45) is 0. The van der Waals surface area contributed by atoms with Gasteiger partial charge in [-0.25, -0.2) is 4.98 Å². The summed E-state index contributed by atoms with van der Waals surface area (Å²) in [7, 11) is 1.62. The van der Waals surface area contributed by atoms with Gasteiger partial charge in [0.25, 0.3) is 5.56 Å². The quantitative estimate of drug-likeness (QED) is 0.783. The Kier molecular flexibility index (Phi) is 4.60. The molecule has 0 atom stereocenters. The molecule has 6 nitrogen and oxygen atoms in total. The Balaban J connectivity index is 1.79. The predicted octanol–water partition coefficient (Wildman–Crippen LogP) is 1.58. The number of H-pyrrole nitrogens is 1. The van der Waals surface area contributed by atoms with E-state index in [9.17, 15) is 4.79 Å². The number of ether oxygens (including phenoxy) is 2. The zero-order valence-electron chi connectivity index (χ0n) is 11.5. The maximum Gasteiger partial charge on any atom is 0.252 e. The molecule has 0 aliphatic rings. The van der Waals surface area contributed by atoms with Crippen LogP contribution in [0.2, 0.25) is 0 Å². The lowest BCUT2D eigenvalue weighted by atomic mass is 10.3. The highest BCUT2D eigenvalue weighted by Crippen LogP contribution is 2.16. The number of aryl methyl sites for hydroxylation is 1. The van der Waals surface area contributed by atoms with Crippen molar-refractivity contribution in [1.82, 2.24) is 9.97 Å². The van der Waals surface area contributed by atoms with Crippen LogP contribution in [0.4, 0.5) is 5.95 Å². The molecule has 0 unspecified atom stereocenters. The lowest BCUT2D eigenvalue weighted by Gasteiger charge is -2.08. The number of methoxy groups -OCH3 is 1. The number of aromatic amines is 1. The fourth-order valence-corrected chi connectivity index (χ4v) is 1.67. The van der Waals surface area contributed by atoms with Crippen molar-refractivity contribution in [3.05, 3.63) is 46.4 Å². The largest absolute Gasteiger partial charge is 0.497 e. The fourth-order valence-electron chi connectivity index (χ4n) is 1.67. The van der Waals surface area contributed by atoms with Crippen LogP contribution in [0.3, 0.4) is 0 Å². The second-order valence-electron chi connectivity index (χ2n) is 4.19. The highest BCUT2D eigenvalue weighted by Gasteiger charge is 1.98. The van der Waals surface area contributed by atoms with Crippen LogP contribution in [0.5, 0.6) is 11.5 Å². The molecule has 2 aromatic rings. The first-order valence-electron chi connectivity index (χ1n) is 6.26. The van der Waals surface area contributed by atoms with Gasteiger partial charge in [0.05, 0.1) is 13.7 Å². The van der Waals surface area contributed by atoms with Crippen molar-refractivity contribution in [2.45, 2.75) is 6.92 Å². The third-order valence-corrected chi connectivity index (χ3v) is 2.59. The molecule has 0 saturated carbocycles. The second kappa shape index (κ2) is 6.60. The van der Waals surface area contributed by atoms with Crippen molar-refractivity contribution in [3.63, 3.8) is 0 Å². The Labute approximate surface area is 116 Å². The van der Waals surface area contributed by atoms with Gasteiger partial charge in [-0.2, -0.15) is 0 Å². The van der Waals surface area contributed by atoms with Gasteiger partial charge in [0.2, 0.25) is 5.95 Å². The van der Waals surface area contributed by atoms with E-state index < -0.39 is 0 Å². The van der Waals surface area contributed by atoms with Crippen molar-refractivity contribution in [2.24, 2.45) is 0 Å². The zero-order chi connectivity index (χ0) is 14.4. The monoisotopic (exact) mass is 275 g/mol. The third-order valence-electron chi connectivity index (χ3n) is 2.59. The van der Waals surface area contributed by atoms with Crippen molar-refractivity contribution in [1.29, 1.82) is 0 Å². The van der Waals surface area contributed by atoms with Crippen molar-refractivity contribution in [2.75, 3.05) is 25.6 Å². The zero-order valence-corrected chi connectivity index (χ0v) is 11.5. The molecule has 6 heteroatoms. The molecule has 0 saturated heterocycles. The van der Waals surface area contributed by atoms with E-state index in [1.807, 2.05) is 24.3 Å². The fraction of sp³-hybridized carbons (Fsp3) is 0.286. The van der Waals surface area contributed by atoms with E-state index in [-0.39, 0.29) is 5.56 Å². The van der Waals surface area contributed by atoms with Gasteiger partial charge in [0.15, 0.2) is 0 Å². The van der Waals surface area contributed by atoms with Crippen LogP contribution in [0.1, 0.15) is 5.69 Å². The first-order chi connectivity index (χ1) is 9.67. The predicted molar refractivity (Wildman–Crippen MR) is 76.6 cm³/mol. The second-order valence-corrected chi connectivity index (χ2v) is 4.19. The van der Waals surface area contributed by atoms with Gasteiger partial charge >= 0.3 is 0 Å². The SMILES string of the molecule is COc1ccc(OCCNc2nc(C)cc(=O)[nH]2)cc1. The molecule has 1 heterocycles. The molecule has 0 radical (unpaired) electrons. The molecule has 106 valence electrons. The maximum absolute atomic E-state index is 11.2. The third kappa shape index (κ3) is 4.01. The number of rotatable bonds is 6. The van der Waals surface area contributed by atoms with Crippen molar-refractivity contribution in [3.8, 4) is 11.5 Å². The highest BCUT2D eigenvalue weighted by molar-refractivity contribution is 5.31. The van der Waals surface area contributed by atoms with E-state index >= 15 is 0 Å². The number of nitrogens with one attached hydrogen (secondary N) is 2. The average Bonchev–Trinajstić information content (AvgIpc) is 2.43. The van der Waals surface area contributed by atoms with E-state index in [4.69, 9.17) is 9.47 Å². The molecule has 2 rings (SSSR count). The molecule has 0 fully saturated rings. The maximum atomic E-state index is 11.2. The van der Waals surface area contributed by atoms with Crippen LogP contribution in [0.15, 0.2) is 35.1 Å². The molecular formula is C14H17N3O3. The Hall–Kier alpha value is -2.50. The van der Waals surface area contributed by atoms with E-state index in [0.717, 1.165) is 11.5 Å². The summed E-state index contributed by atoms with van der Waals surface area (Å²) >= 11 is 0. The molecule has 0 spiro atoms. The summed E-state index contributed by atoms with van der Waals surface area (Å²) < 4.78 is 10.6. The number of aromatic nitrogens is 2. The van der Waals surface area contributed by atoms with Gasteiger partial charge in [-0.05, 0) is 31.2 Å². The topological polar surface area (TPSA) is 76.2 Å². The highest BCUT2D eigenvalue weighted by atomic mass is 16.5. The van der Waals surface area contributed by atoms with Crippen LogP contribution < -0.4 is 20.3 Å². The van der Waals surface area contributed by atoms with Crippen LogP contribution in [0, 0.1) is 6.92 Å². The molecule has 2 N–H and O–H groups in total. The van der Waals surface area contributed by atoms with Gasteiger partial charge in [0.1, 0.15) is 18.1 Å². The standard InChI is InChI=1S/C14H17N3O3/c1-10-9-13(18)17-14(16-10)15-7-8-20-12-5-3-11(19-2)4-6-12/h3-6,9H,7-8H2,1-2H3,(H2,15,16,17,18). The lowest BCUT2D eigenvalue weighted by molar-refractivity contribution is 0.331. The van der Waals surface area contributed by atoms with Gasteiger partial charge in [-0.1, -0.05) is 0 Å². The van der Waals surface area contributed by atoms with Crippen molar-refractivity contribution >= 4 is 5.95 Å². The van der Waals surface area contributed by atoms with E-state index in [1.54, 1.807) is 14.0 Å². The normalized spacial score (nSPS) is 10.1. The summed E-state index contributed by atoms with van der Waals surface area (Å²) in [5, 5.41) is 3.00. The van der Waals surface area contributed by atoms with Crippen LogP contribution in [0.25, 0.3) is 0 Å². The van der Waals surface area contributed by atoms with Gasteiger partial charge in [-0.15, -0.1) is 0 Å². The van der Waals surface area contributed by atoms with Crippen LogP contribution in [-0.4, -0.2) is 30.2 Å². The van der Waals surface area contributed by atoms with E-state index in [0.29, 0.717) is 24.8 Å². The number of hydrogen-bond donors (Lipinski definition) is 2. The molecule has 0 bridgehead atoms. The Morgan fingerprint density at radius 1 is 1.25 bits per heavy atom. The molecular weight excluding hydrogens is 258 g/mol. The Morgan fingerprint density at radius 2 is 1.95 bits per heavy atom. The molecule has 0 aliphatic carbocycles. The van der Waals surface area contributed by atoms with Gasteiger partial charge in [-0.3, -0.25) is 9.78 Å². The average molecular weight is 275 g/mol. The lowest BCUT2D eigenvalue weighted by Crippen LogP contribution is -2.17. The van der Waals surface area contributed by atoms with Gasteiger partial charge in [0, 0.05) is 11.8 Å². The number of nitrogens with zero attached hydrogens (tertiary/aromatic N) is 1. The minimum Gasteiger partial charge on any atom is -0.497 e. The molecule has 1 aromatic heterocycles. The van der Waals surface area contributed by atoms with Gasteiger partial charge < -0.3 is 14.8 Å². The number of benzene rings is 1. The van der Waals surface area contributed by atoms with E-state index in [1.165, 1.54) is 6.07 Å². The first kappa shape index (κ1) is 13.9. The van der Waals surface area contributed by atoms with Crippen molar-refractivity contribution < 1.29 is 9.47 Å². The van der Waals surface area contributed by atoms with E-state index in [2.05, 4.69) is 15.3 Å². The number of hydrogen-bond acceptors (Lipinski definition) is 5. The smallest absolute Gasteiger partial charge is 0.252 e. The summed E-state index contributed by atoms with van der Waals surface area (Å²) in [5.41, 5.74) is 0.503. The van der Waals surface area contributed by atoms with Crippen LogP contribution in [-0.2, 0) is 0 Å². The minimum absolute atomic E-state index is 0.170. The molecule has 1 aromatic carbocycles. The summed E-state index contributed by atoms with van der Waals surface area (Å²) in [5.74, 6) is 2.00. The first-order valence-corrected chi connectivity index (χ1v) is 6.26. The van der Waals surface area contributed by atoms with Crippen LogP contribution >= 0.6 is 0 Å². The molecule has 0 amide bonds. The number of anilines is 1. The summed E-state index contributed by atoms with van der Waals surface area (Å²) in [6, 6.07) is 8.79. The minimum atomic E-state index is -0.170. The molecule has 20 heavy (non-hydrogen) atoms. The Bertz CT molecular complexity index is 608. The summed E-state index contributed by atoms with van der Waals surface area (Å²) in [6.45, 7) is 2.77. The molecule has 0 aliphatic heterocycles. The summed E-state index contributed by atoms with van der Waals surface area (Å²) in [4.78, 5) is 18.0.